The van der Waals surface area contributed by atoms with Crippen molar-refractivity contribution in [1.82, 2.24) is 9.78 Å². The highest BCUT2D eigenvalue weighted by atomic mass is 16.1. The van der Waals surface area contributed by atoms with Gasteiger partial charge in [0.05, 0.1) is 11.7 Å². The van der Waals surface area contributed by atoms with Crippen LogP contribution in [0.2, 0.25) is 0 Å². The highest BCUT2D eigenvalue weighted by Crippen LogP contribution is 2.26. The first kappa shape index (κ1) is 13.6. The molecule has 0 saturated heterocycles. The van der Waals surface area contributed by atoms with Gasteiger partial charge in [-0.2, -0.15) is 5.10 Å². The summed E-state index contributed by atoms with van der Waals surface area (Å²) in [4.78, 5) is 11.3. The second kappa shape index (κ2) is 5.17. The molecule has 3 heteroatoms. The highest BCUT2D eigenvalue weighted by Gasteiger charge is 2.07. The van der Waals surface area contributed by atoms with Crippen molar-refractivity contribution in [3.63, 3.8) is 0 Å². The number of benzene rings is 2. The second-order valence-corrected chi connectivity index (χ2v) is 5.59. The van der Waals surface area contributed by atoms with E-state index in [4.69, 9.17) is 0 Å². The second-order valence-electron chi connectivity index (χ2n) is 5.59. The zero-order valence-electron chi connectivity index (χ0n) is 12.5. The normalized spacial score (nSPS) is 11.2. The fraction of sp³-hybridized carbons (Fsp3) is 0.222. The zero-order chi connectivity index (χ0) is 15.0. The summed E-state index contributed by atoms with van der Waals surface area (Å²) in [6.07, 6.45) is 1.91. The standard InChI is InChI=1S/C18H18N2O/c1-12(2)20-18-9-8-16(10-17(18)11-19-20)15-6-4-14(5-7-15)13(3)21/h4-12H,1-3H3. The Bertz CT molecular complexity index is 798. The molecule has 0 fully saturated rings. The van der Waals surface area contributed by atoms with E-state index in [-0.39, 0.29) is 5.78 Å². The van der Waals surface area contributed by atoms with Crippen molar-refractivity contribution in [1.29, 1.82) is 0 Å². The minimum absolute atomic E-state index is 0.0928. The van der Waals surface area contributed by atoms with Gasteiger partial charge in [0, 0.05) is 17.0 Å². The van der Waals surface area contributed by atoms with Crippen LogP contribution in [0.4, 0.5) is 0 Å². The molecular formula is C18H18N2O. The van der Waals surface area contributed by atoms with Gasteiger partial charge in [0.25, 0.3) is 0 Å². The number of hydrogen-bond donors (Lipinski definition) is 0. The minimum Gasteiger partial charge on any atom is -0.295 e. The monoisotopic (exact) mass is 278 g/mol. The summed E-state index contributed by atoms with van der Waals surface area (Å²) in [7, 11) is 0. The number of ketones is 1. The lowest BCUT2D eigenvalue weighted by Gasteiger charge is -2.08. The number of carbonyl (C=O) groups is 1. The molecule has 2 aromatic carbocycles. The number of carbonyl (C=O) groups excluding carboxylic acids is 1. The first-order chi connectivity index (χ1) is 10.1. The van der Waals surface area contributed by atoms with Crippen LogP contribution in [0.1, 0.15) is 37.2 Å². The van der Waals surface area contributed by atoms with Crippen LogP contribution in [0.5, 0.6) is 0 Å². The van der Waals surface area contributed by atoms with Crippen LogP contribution in [-0.2, 0) is 0 Å². The van der Waals surface area contributed by atoms with Gasteiger partial charge in [-0.15, -0.1) is 0 Å². The van der Waals surface area contributed by atoms with E-state index < -0.39 is 0 Å². The lowest BCUT2D eigenvalue weighted by molar-refractivity contribution is 0.101. The molecular weight excluding hydrogens is 260 g/mol. The summed E-state index contributed by atoms with van der Waals surface area (Å²) in [6.45, 7) is 5.84. The van der Waals surface area contributed by atoms with Crippen molar-refractivity contribution in [2.75, 3.05) is 0 Å². The fourth-order valence-corrected chi connectivity index (χ4v) is 2.54. The summed E-state index contributed by atoms with van der Waals surface area (Å²) >= 11 is 0. The molecule has 3 aromatic rings. The molecule has 0 aliphatic rings. The number of Topliss-reactive ketones (excluding diaryl/α,β-unsaturated/α-hetero) is 1. The smallest absolute Gasteiger partial charge is 0.159 e. The van der Waals surface area contributed by atoms with Gasteiger partial charge in [-0.1, -0.05) is 30.3 Å². The molecule has 0 aliphatic heterocycles. The summed E-state index contributed by atoms with van der Waals surface area (Å²) in [5, 5.41) is 5.57. The van der Waals surface area contributed by atoms with Gasteiger partial charge in [-0.25, -0.2) is 0 Å². The largest absolute Gasteiger partial charge is 0.295 e. The molecule has 106 valence electrons. The Kier molecular flexibility index (Phi) is 3.34. The van der Waals surface area contributed by atoms with Gasteiger partial charge >= 0.3 is 0 Å². The molecule has 0 N–H and O–H groups in total. The van der Waals surface area contributed by atoms with Crippen LogP contribution in [0.15, 0.2) is 48.7 Å². The Morgan fingerprint density at radius 1 is 1.05 bits per heavy atom. The third-order valence-electron chi connectivity index (χ3n) is 3.71. The van der Waals surface area contributed by atoms with Gasteiger partial charge in [0.1, 0.15) is 0 Å². The Morgan fingerprint density at radius 2 is 1.71 bits per heavy atom. The number of nitrogens with zero attached hydrogens (tertiary/aromatic N) is 2. The van der Waals surface area contributed by atoms with Gasteiger partial charge < -0.3 is 0 Å². The number of fused-ring (bicyclic) bond motifs is 1. The van der Waals surface area contributed by atoms with E-state index in [1.165, 1.54) is 0 Å². The predicted molar refractivity (Wildman–Crippen MR) is 85.6 cm³/mol. The van der Waals surface area contributed by atoms with Gasteiger partial charge in [0.2, 0.25) is 0 Å². The van der Waals surface area contributed by atoms with Crippen LogP contribution in [0.3, 0.4) is 0 Å². The van der Waals surface area contributed by atoms with E-state index in [2.05, 4.69) is 37.1 Å². The average Bonchev–Trinajstić information content (AvgIpc) is 2.90. The zero-order valence-corrected chi connectivity index (χ0v) is 12.5. The van der Waals surface area contributed by atoms with Crippen molar-refractivity contribution >= 4 is 16.7 Å². The summed E-state index contributed by atoms with van der Waals surface area (Å²) < 4.78 is 2.03. The van der Waals surface area contributed by atoms with E-state index in [0.29, 0.717) is 6.04 Å². The van der Waals surface area contributed by atoms with E-state index >= 15 is 0 Å². The minimum atomic E-state index is 0.0928. The molecule has 0 saturated carbocycles. The van der Waals surface area contributed by atoms with Crippen molar-refractivity contribution < 1.29 is 4.79 Å². The topological polar surface area (TPSA) is 34.9 Å². The van der Waals surface area contributed by atoms with Crippen LogP contribution in [-0.4, -0.2) is 15.6 Å². The van der Waals surface area contributed by atoms with E-state index in [9.17, 15) is 4.79 Å². The molecule has 3 nitrogen and oxygen atoms in total. The van der Waals surface area contributed by atoms with Gasteiger partial charge in [-0.3, -0.25) is 9.48 Å². The molecule has 3 rings (SSSR count). The van der Waals surface area contributed by atoms with Crippen LogP contribution in [0, 0.1) is 0 Å². The van der Waals surface area contributed by atoms with Crippen molar-refractivity contribution in [3.05, 3.63) is 54.2 Å². The van der Waals surface area contributed by atoms with Crippen molar-refractivity contribution in [2.45, 2.75) is 26.8 Å². The molecule has 0 aliphatic carbocycles. The fourth-order valence-electron chi connectivity index (χ4n) is 2.54. The quantitative estimate of drug-likeness (QED) is 0.662. The summed E-state index contributed by atoms with van der Waals surface area (Å²) in [6, 6.07) is 14.4. The summed E-state index contributed by atoms with van der Waals surface area (Å²) in [5.74, 6) is 0.0928. The predicted octanol–water partition coefficient (Wildman–Crippen LogP) is 4.49. The molecule has 0 bridgehead atoms. The molecule has 21 heavy (non-hydrogen) atoms. The van der Waals surface area contributed by atoms with Gasteiger partial charge in [0.15, 0.2) is 5.78 Å². The first-order valence-corrected chi connectivity index (χ1v) is 7.15. The number of aromatic nitrogens is 2. The van der Waals surface area contributed by atoms with Crippen molar-refractivity contribution in [2.24, 2.45) is 0 Å². The summed E-state index contributed by atoms with van der Waals surface area (Å²) in [5.41, 5.74) is 4.14. The molecule has 0 atom stereocenters. The maximum absolute atomic E-state index is 11.3. The lowest BCUT2D eigenvalue weighted by Crippen LogP contribution is -2.01. The average molecular weight is 278 g/mol. The maximum atomic E-state index is 11.3. The molecule has 0 radical (unpaired) electrons. The number of rotatable bonds is 3. The molecule has 0 unspecified atom stereocenters. The molecule has 1 aromatic heterocycles. The Balaban J connectivity index is 2.03. The maximum Gasteiger partial charge on any atom is 0.159 e. The Hall–Kier alpha value is -2.42. The SMILES string of the molecule is CC(=O)c1ccc(-c2ccc3c(cnn3C(C)C)c2)cc1. The van der Waals surface area contributed by atoms with E-state index in [1.807, 2.05) is 35.1 Å². The van der Waals surface area contributed by atoms with Crippen LogP contribution < -0.4 is 0 Å². The van der Waals surface area contributed by atoms with Crippen LogP contribution >= 0.6 is 0 Å². The van der Waals surface area contributed by atoms with Crippen LogP contribution in [0.25, 0.3) is 22.0 Å². The molecule has 0 amide bonds. The lowest BCUT2D eigenvalue weighted by atomic mass is 10.0. The Morgan fingerprint density at radius 3 is 2.33 bits per heavy atom. The third-order valence-corrected chi connectivity index (χ3v) is 3.71. The van der Waals surface area contributed by atoms with Crippen molar-refractivity contribution in [3.8, 4) is 11.1 Å². The van der Waals surface area contributed by atoms with E-state index in [0.717, 1.165) is 27.6 Å². The first-order valence-electron chi connectivity index (χ1n) is 7.15. The third kappa shape index (κ3) is 2.47. The molecule has 1 heterocycles. The Labute approximate surface area is 124 Å². The van der Waals surface area contributed by atoms with Gasteiger partial charge in [-0.05, 0) is 44.0 Å². The number of hydrogen-bond acceptors (Lipinski definition) is 2. The highest BCUT2D eigenvalue weighted by molar-refractivity contribution is 5.94. The van der Waals surface area contributed by atoms with E-state index in [1.54, 1.807) is 6.92 Å². The molecule has 0 spiro atoms.